The van der Waals surface area contributed by atoms with E-state index in [2.05, 4.69) is 6.92 Å². The van der Waals surface area contributed by atoms with E-state index in [4.69, 9.17) is 4.74 Å². The summed E-state index contributed by atoms with van der Waals surface area (Å²) in [7, 11) is 0. The van der Waals surface area contributed by atoms with Crippen molar-refractivity contribution in [3.8, 4) is 0 Å². The lowest BCUT2D eigenvalue weighted by molar-refractivity contribution is -0.138. The van der Waals surface area contributed by atoms with Gasteiger partial charge in [0.25, 0.3) is 0 Å². The molecule has 0 spiro atoms. The second-order valence-electron chi connectivity index (χ2n) is 3.28. The molecule has 0 saturated carbocycles. The smallest absolute Gasteiger partial charge is 0.338 e. The maximum atomic E-state index is 11.1. The van der Waals surface area contributed by atoms with Crippen molar-refractivity contribution in [2.45, 2.75) is 39.2 Å². The number of hydrogen-bond acceptors (Lipinski definition) is 2. The van der Waals surface area contributed by atoms with Crippen LogP contribution >= 0.6 is 0 Å². The van der Waals surface area contributed by atoms with E-state index >= 15 is 0 Å². The van der Waals surface area contributed by atoms with Gasteiger partial charge in [-0.2, -0.15) is 0 Å². The minimum Gasteiger partial charge on any atom is -0.455 e. The molecule has 1 rings (SSSR count). The van der Waals surface area contributed by atoms with E-state index in [1.807, 2.05) is 25.2 Å². The van der Waals surface area contributed by atoms with Gasteiger partial charge in [0.1, 0.15) is 6.10 Å². The number of ether oxygens (including phenoxy) is 1. The highest BCUT2D eigenvalue weighted by Gasteiger charge is 2.19. The minimum atomic E-state index is -0.194. The molecule has 0 radical (unpaired) electrons. The molecule has 1 unspecified atom stereocenters. The van der Waals surface area contributed by atoms with Crippen molar-refractivity contribution in [2.75, 3.05) is 0 Å². The molecule has 0 aromatic carbocycles. The normalized spacial score (nSPS) is 22.2. The van der Waals surface area contributed by atoms with E-state index < -0.39 is 0 Å². The number of unbranched alkanes of at least 4 members (excludes halogenated alkanes) is 2. The predicted octanol–water partition coefficient (Wildman–Crippen LogP) is 2.60. The summed E-state index contributed by atoms with van der Waals surface area (Å²) in [5.74, 6) is -0.194. The van der Waals surface area contributed by atoms with Crippen LogP contribution < -0.4 is 0 Å². The van der Waals surface area contributed by atoms with E-state index in [1.54, 1.807) is 0 Å². The fraction of sp³-hybridized carbons (Fsp3) is 0.545. The van der Waals surface area contributed by atoms with Gasteiger partial charge in [0.2, 0.25) is 0 Å². The number of carbonyl (C=O) groups excluding carboxylic acids is 1. The van der Waals surface area contributed by atoms with Crippen LogP contribution in [0.2, 0.25) is 0 Å². The van der Waals surface area contributed by atoms with E-state index in [0.717, 1.165) is 6.42 Å². The fourth-order valence-corrected chi connectivity index (χ4v) is 1.25. The molecule has 2 nitrogen and oxygen atoms in total. The third-order valence-corrected chi connectivity index (χ3v) is 1.96. The lowest BCUT2D eigenvalue weighted by atomic mass is 10.2. The highest BCUT2D eigenvalue weighted by Crippen LogP contribution is 2.14. The predicted molar refractivity (Wildman–Crippen MR) is 52.3 cm³/mol. The molecular formula is C11H16O2. The Kier molecular flexibility index (Phi) is 3.74. The third kappa shape index (κ3) is 3.05. The number of rotatable bonds is 4. The molecule has 0 amide bonds. The van der Waals surface area contributed by atoms with E-state index in [0.29, 0.717) is 5.57 Å². The van der Waals surface area contributed by atoms with Crippen LogP contribution in [0.3, 0.4) is 0 Å². The first-order valence-electron chi connectivity index (χ1n) is 4.83. The Hall–Kier alpha value is -1.05. The monoisotopic (exact) mass is 180 g/mol. The number of esters is 1. The van der Waals surface area contributed by atoms with Crippen LogP contribution in [0, 0.1) is 0 Å². The van der Waals surface area contributed by atoms with Gasteiger partial charge in [-0.1, -0.05) is 31.9 Å². The zero-order chi connectivity index (χ0) is 9.68. The second kappa shape index (κ2) is 4.85. The average molecular weight is 180 g/mol. The third-order valence-electron chi connectivity index (χ3n) is 1.96. The fourth-order valence-electron chi connectivity index (χ4n) is 1.25. The molecule has 1 atom stereocenters. The standard InChI is InChI=1S/C11H16O2/c1-3-4-5-6-7-10-8-9(2)13-11(10)12/h6-9H,3-5H2,1-2H3. The van der Waals surface area contributed by atoms with Gasteiger partial charge < -0.3 is 4.74 Å². The summed E-state index contributed by atoms with van der Waals surface area (Å²) in [5, 5.41) is 0. The first-order valence-corrected chi connectivity index (χ1v) is 4.83. The molecule has 1 aliphatic heterocycles. The number of hydrogen-bond donors (Lipinski definition) is 0. The first kappa shape index (κ1) is 10.0. The van der Waals surface area contributed by atoms with Gasteiger partial charge >= 0.3 is 5.97 Å². The Labute approximate surface area is 79.3 Å². The molecule has 13 heavy (non-hydrogen) atoms. The van der Waals surface area contributed by atoms with Gasteiger partial charge in [0.15, 0.2) is 0 Å². The lowest BCUT2D eigenvalue weighted by Crippen LogP contribution is -2.02. The molecule has 0 saturated heterocycles. The van der Waals surface area contributed by atoms with Crippen LogP contribution in [0.4, 0.5) is 0 Å². The van der Waals surface area contributed by atoms with Crippen molar-refractivity contribution in [3.05, 3.63) is 23.8 Å². The zero-order valence-corrected chi connectivity index (χ0v) is 8.25. The van der Waals surface area contributed by atoms with Gasteiger partial charge in [0, 0.05) is 0 Å². The van der Waals surface area contributed by atoms with Crippen molar-refractivity contribution in [3.63, 3.8) is 0 Å². The number of allylic oxidation sites excluding steroid dienone is 1. The van der Waals surface area contributed by atoms with Gasteiger partial charge in [0.05, 0.1) is 5.57 Å². The first-order chi connectivity index (χ1) is 6.24. The highest BCUT2D eigenvalue weighted by atomic mass is 16.5. The summed E-state index contributed by atoms with van der Waals surface area (Å²) in [4.78, 5) is 11.1. The molecule has 0 aromatic rings. The Morgan fingerprint density at radius 2 is 2.38 bits per heavy atom. The molecular weight excluding hydrogens is 164 g/mol. The Morgan fingerprint density at radius 3 is 2.92 bits per heavy atom. The maximum absolute atomic E-state index is 11.1. The molecule has 1 heterocycles. The lowest BCUT2D eigenvalue weighted by Gasteiger charge is -1.96. The SMILES string of the molecule is CCCCC=CC1=CC(C)OC1=O. The molecule has 72 valence electrons. The van der Waals surface area contributed by atoms with Crippen LogP contribution in [0.1, 0.15) is 33.1 Å². The largest absolute Gasteiger partial charge is 0.455 e. The van der Waals surface area contributed by atoms with Crippen molar-refractivity contribution in [2.24, 2.45) is 0 Å². The molecule has 0 aromatic heterocycles. The van der Waals surface area contributed by atoms with E-state index in [1.165, 1.54) is 12.8 Å². The Morgan fingerprint density at radius 1 is 1.62 bits per heavy atom. The average Bonchev–Trinajstić information content (AvgIpc) is 2.39. The van der Waals surface area contributed by atoms with Crippen molar-refractivity contribution in [1.29, 1.82) is 0 Å². The number of cyclic esters (lactones) is 1. The van der Waals surface area contributed by atoms with Crippen molar-refractivity contribution >= 4 is 5.97 Å². The highest BCUT2D eigenvalue weighted by molar-refractivity contribution is 5.93. The van der Waals surface area contributed by atoms with Crippen molar-refractivity contribution in [1.82, 2.24) is 0 Å². The summed E-state index contributed by atoms with van der Waals surface area (Å²) in [5.41, 5.74) is 0.698. The summed E-state index contributed by atoms with van der Waals surface area (Å²) in [6.07, 6.45) is 9.09. The molecule has 0 N–H and O–H groups in total. The quantitative estimate of drug-likeness (QED) is 0.491. The Balaban J connectivity index is 2.40. The van der Waals surface area contributed by atoms with Gasteiger partial charge in [-0.25, -0.2) is 4.79 Å². The molecule has 0 aliphatic carbocycles. The summed E-state index contributed by atoms with van der Waals surface area (Å²) in [6, 6.07) is 0. The molecule has 0 fully saturated rings. The van der Waals surface area contributed by atoms with E-state index in [9.17, 15) is 4.79 Å². The van der Waals surface area contributed by atoms with Crippen LogP contribution in [0.15, 0.2) is 23.8 Å². The summed E-state index contributed by atoms with van der Waals surface area (Å²) < 4.78 is 4.95. The second-order valence-corrected chi connectivity index (χ2v) is 3.28. The Bertz CT molecular complexity index is 238. The van der Waals surface area contributed by atoms with Crippen molar-refractivity contribution < 1.29 is 9.53 Å². The number of carbonyl (C=O) groups is 1. The molecule has 1 aliphatic rings. The molecule has 0 bridgehead atoms. The van der Waals surface area contributed by atoms with Crippen LogP contribution in [0.5, 0.6) is 0 Å². The van der Waals surface area contributed by atoms with Crippen LogP contribution in [-0.2, 0) is 9.53 Å². The zero-order valence-electron chi connectivity index (χ0n) is 8.25. The summed E-state index contributed by atoms with van der Waals surface area (Å²) in [6.45, 7) is 4.02. The van der Waals surface area contributed by atoms with Gasteiger partial charge in [-0.3, -0.25) is 0 Å². The molecule has 2 heteroatoms. The maximum Gasteiger partial charge on any atom is 0.338 e. The van der Waals surface area contributed by atoms with E-state index in [-0.39, 0.29) is 12.1 Å². The minimum absolute atomic E-state index is 0.0571. The van der Waals surface area contributed by atoms with Crippen LogP contribution in [0.25, 0.3) is 0 Å². The summed E-state index contributed by atoms with van der Waals surface area (Å²) >= 11 is 0. The van der Waals surface area contributed by atoms with Gasteiger partial charge in [-0.15, -0.1) is 0 Å². The topological polar surface area (TPSA) is 26.3 Å². The van der Waals surface area contributed by atoms with Gasteiger partial charge in [-0.05, 0) is 19.4 Å². The van der Waals surface area contributed by atoms with Crippen LogP contribution in [-0.4, -0.2) is 12.1 Å².